The van der Waals surface area contributed by atoms with Crippen LogP contribution >= 0.6 is 11.8 Å². The van der Waals surface area contributed by atoms with Gasteiger partial charge in [-0.15, -0.1) is 11.8 Å². The van der Waals surface area contributed by atoms with Crippen molar-refractivity contribution in [1.29, 1.82) is 0 Å². The van der Waals surface area contributed by atoms with Gasteiger partial charge in [-0.2, -0.15) is 0 Å². The van der Waals surface area contributed by atoms with E-state index in [0.29, 0.717) is 30.3 Å². The van der Waals surface area contributed by atoms with Crippen LogP contribution in [0.25, 0.3) is 0 Å². The second-order valence-corrected chi connectivity index (χ2v) is 6.20. The second kappa shape index (κ2) is 7.40. The zero-order valence-corrected chi connectivity index (χ0v) is 13.9. The summed E-state index contributed by atoms with van der Waals surface area (Å²) in [5.41, 5.74) is 0.584. The Bertz CT molecular complexity index is 755. The number of Topliss-reactive ketones (excluding diaryl/α,β-unsaturated/α-hetero) is 1. The summed E-state index contributed by atoms with van der Waals surface area (Å²) in [6, 6.07) is 12.1. The molecule has 0 fully saturated rings. The fraction of sp³-hybridized carbons (Fsp3) is 0.222. The molecule has 3 rings (SSSR count). The van der Waals surface area contributed by atoms with Gasteiger partial charge in [-0.05, 0) is 49.4 Å². The first-order valence-electron chi connectivity index (χ1n) is 7.46. The lowest BCUT2D eigenvalue weighted by molar-refractivity contribution is -0.131. The standard InChI is InChI=1S/C18H16O5S/c1-12(19)13-2-4-14(5-3-13)23-18(20)11-24-15-6-7-16-17(10-15)22-9-8-21-16/h2-7,10H,8-9,11H2,1H3. The SMILES string of the molecule is CC(=O)c1ccc(OC(=O)CSc2ccc3c(c2)OCCO3)cc1. The highest BCUT2D eigenvalue weighted by Gasteiger charge is 2.13. The molecule has 0 unspecified atom stereocenters. The average molecular weight is 344 g/mol. The lowest BCUT2D eigenvalue weighted by Gasteiger charge is -2.18. The van der Waals surface area contributed by atoms with Crippen molar-refractivity contribution in [2.45, 2.75) is 11.8 Å². The molecule has 2 aromatic carbocycles. The molecule has 5 nitrogen and oxygen atoms in total. The second-order valence-electron chi connectivity index (χ2n) is 5.15. The molecule has 6 heteroatoms. The van der Waals surface area contributed by atoms with Crippen LogP contribution in [0.5, 0.6) is 17.2 Å². The van der Waals surface area contributed by atoms with E-state index >= 15 is 0 Å². The largest absolute Gasteiger partial charge is 0.486 e. The highest BCUT2D eigenvalue weighted by atomic mass is 32.2. The van der Waals surface area contributed by atoms with Crippen molar-refractivity contribution in [3.05, 3.63) is 48.0 Å². The topological polar surface area (TPSA) is 61.8 Å². The third-order valence-corrected chi connectivity index (χ3v) is 4.33. The van der Waals surface area contributed by atoms with Gasteiger partial charge in [0, 0.05) is 10.5 Å². The Kier molecular flexibility index (Phi) is 5.05. The van der Waals surface area contributed by atoms with Crippen molar-refractivity contribution in [3.8, 4) is 17.2 Å². The molecule has 0 radical (unpaired) electrons. The smallest absolute Gasteiger partial charge is 0.321 e. The van der Waals surface area contributed by atoms with Crippen LogP contribution in [0.3, 0.4) is 0 Å². The van der Waals surface area contributed by atoms with Crippen LogP contribution in [0, 0.1) is 0 Å². The van der Waals surface area contributed by atoms with Gasteiger partial charge in [-0.3, -0.25) is 9.59 Å². The predicted molar refractivity (Wildman–Crippen MR) is 90.2 cm³/mol. The van der Waals surface area contributed by atoms with Gasteiger partial charge in [0.2, 0.25) is 0 Å². The molecule has 0 amide bonds. The normalized spacial score (nSPS) is 12.5. The molecule has 0 aromatic heterocycles. The first kappa shape index (κ1) is 16.4. The van der Waals surface area contributed by atoms with Crippen LogP contribution < -0.4 is 14.2 Å². The van der Waals surface area contributed by atoms with Gasteiger partial charge in [0.05, 0.1) is 5.75 Å². The van der Waals surface area contributed by atoms with Crippen molar-refractivity contribution < 1.29 is 23.8 Å². The van der Waals surface area contributed by atoms with Gasteiger partial charge in [0.15, 0.2) is 17.3 Å². The zero-order chi connectivity index (χ0) is 16.9. The van der Waals surface area contributed by atoms with Crippen molar-refractivity contribution in [1.82, 2.24) is 0 Å². The summed E-state index contributed by atoms with van der Waals surface area (Å²) in [6.45, 7) is 2.57. The first-order chi connectivity index (χ1) is 11.6. The highest BCUT2D eigenvalue weighted by molar-refractivity contribution is 8.00. The number of thioether (sulfide) groups is 1. The monoisotopic (exact) mass is 344 g/mol. The highest BCUT2D eigenvalue weighted by Crippen LogP contribution is 2.34. The first-order valence-corrected chi connectivity index (χ1v) is 8.44. The van der Waals surface area contributed by atoms with E-state index < -0.39 is 0 Å². The van der Waals surface area contributed by atoms with Gasteiger partial charge in [-0.1, -0.05) is 0 Å². The third-order valence-electron chi connectivity index (χ3n) is 3.36. The Hall–Kier alpha value is -2.47. The molecule has 0 atom stereocenters. The van der Waals surface area contributed by atoms with Gasteiger partial charge < -0.3 is 14.2 Å². The van der Waals surface area contributed by atoms with E-state index in [1.165, 1.54) is 18.7 Å². The number of carbonyl (C=O) groups excluding carboxylic acids is 2. The van der Waals surface area contributed by atoms with Gasteiger partial charge in [-0.25, -0.2) is 0 Å². The Balaban J connectivity index is 1.54. The molecule has 1 heterocycles. The minimum atomic E-state index is -0.356. The van der Waals surface area contributed by atoms with E-state index in [1.807, 2.05) is 18.2 Å². The molecule has 124 valence electrons. The van der Waals surface area contributed by atoms with E-state index in [4.69, 9.17) is 14.2 Å². The molecule has 0 N–H and O–H groups in total. The zero-order valence-electron chi connectivity index (χ0n) is 13.1. The maximum atomic E-state index is 11.9. The number of ether oxygens (including phenoxy) is 3. The van der Waals surface area contributed by atoms with Crippen molar-refractivity contribution in [2.75, 3.05) is 19.0 Å². The summed E-state index contributed by atoms with van der Waals surface area (Å²) >= 11 is 1.36. The van der Waals surface area contributed by atoms with Crippen molar-refractivity contribution in [3.63, 3.8) is 0 Å². The van der Waals surface area contributed by atoms with Crippen LogP contribution in [0.1, 0.15) is 17.3 Å². The summed E-state index contributed by atoms with van der Waals surface area (Å²) in [5.74, 6) is 1.63. The molecule has 2 aromatic rings. The Morgan fingerprint density at radius 2 is 1.75 bits per heavy atom. The molecule has 1 aliphatic rings. The molecule has 0 aliphatic carbocycles. The van der Waals surface area contributed by atoms with Crippen molar-refractivity contribution in [2.24, 2.45) is 0 Å². The molecule has 0 saturated heterocycles. The number of esters is 1. The summed E-state index contributed by atoms with van der Waals surface area (Å²) in [6.07, 6.45) is 0. The molecular formula is C18H16O5S. The Labute approximate surface area is 143 Å². The number of carbonyl (C=O) groups is 2. The fourth-order valence-electron chi connectivity index (χ4n) is 2.17. The third kappa shape index (κ3) is 4.08. The van der Waals surface area contributed by atoms with Gasteiger partial charge >= 0.3 is 5.97 Å². The minimum Gasteiger partial charge on any atom is -0.486 e. The van der Waals surface area contributed by atoms with E-state index in [0.717, 1.165) is 10.6 Å². The molecule has 0 saturated carbocycles. The van der Waals surface area contributed by atoms with Crippen LogP contribution in [-0.4, -0.2) is 30.7 Å². The summed E-state index contributed by atoms with van der Waals surface area (Å²) < 4.78 is 16.2. The molecule has 0 spiro atoms. The van der Waals surface area contributed by atoms with Crippen LogP contribution in [0.15, 0.2) is 47.4 Å². The van der Waals surface area contributed by atoms with Crippen molar-refractivity contribution >= 4 is 23.5 Å². The Morgan fingerprint density at radius 1 is 1.04 bits per heavy atom. The van der Waals surface area contributed by atoms with Gasteiger partial charge in [0.25, 0.3) is 0 Å². The number of hydrogen-bond acceptors (Lipinski definition) is 6. The van der Waals surface area contributed by atoms with E-state index in [9.17, 15) is 9.59 Å². The number of ketones is 1. The van der Waals surface area contributed by atoms with E-state index in [1.54, 1.807) is 24.3 Å². The van der Waals surface area contributed by atoms with Crippen LogP contribution in [0.2, 0.25) is 0 Å². The summed E-state index contributed by atoms with van der Waals surface area (Å²) in [5, 5.41) is 0. The average Bonchev–Trinajstić information content (AvgIpc) is 2.60. The fourth-order valence-corrected chi connectivity index (χ4v) is 2.87. The predicted octanol–water partition coefficient (Wildman–Crippen LogP) is 3.36. The molecular weight excluding hydrogens is 328 g/mol. The molecule has 24 heavy (non-hydrogen) atoms. The Morgan fingerprint density at radius 3 is 2.46 bits per heavy atom. The lowest BCUT2D eigenvalue weighted by Crippen LogP contribution is -2.15. The summed E-state index contributed by atoms with van der Waals surface area (Å²) in [7, 11) is 0. The molecule has 0 bridgehead atoms. The molecule has 1 aliphatic heterocycles. The summed E-state index contributed by atoms with van der Waals surface area (Å²) in [4.78, 5) is 24.0. The number of benzene rings is 2. The quantitative estimate of drug-likeness (QED) is 0.359. The van der Waals surface area contributed by atoms with Gasteiger partial charge in [0.1, 0.15) is 19.0 Å². The lowest BCUT2D eigenvalue weighted by atomic mass is 10.1. The number of hydrogen-bond donors (Lipinski definition) is 0. The van der Waals surface area contributed by atoms with E-state index in [2.05, 4.69) is 0 Å². The maximum absolute atomic E-state index is 11.9. The minimum absolute atomic E-state index is 0.0259. The van der Waals surface area contributed by atoms with Crippen LogP contribution in [0.4, 0.5) is 0 Å². The van der Waals surface area contributed by atoms with Crippen LogP contribution in [-0.2, 0) is 4.79 Å². The number of fused-ring (bicyclic) bond motifs is 1. The van der Waals surface area contributed by atoms with E-state index in [-0.39, 0.29) is 17.5 Å². The number of rotatable bonds is 5. The maximum Gasteiger partial charge on any atom is 0.321 e.